The number of hydrogen-bond acceptors (Lipinski definition) is 16. The first-order valence-electron chi connectivity index (χ1n) is 36.5. The number of aliphatic hydroxyl groups is 1. The normalized spacial score (nSPS) is 20.2. The number of benzene rings is 3. The third kappa shape index (κ3) is 19.0. The van der Waals surface area contributed by atoms with Crippen LogP contribution < -0.4 is 25.2 Å². The van der Waals surface area contributed by atoms with Gasteiger partial charge in [0.05, 0.1) is 53.2 Å². The molecule has 23 heteroatoms. The van der Waals surface area contributed by atoms with E-state index in [1.807, 2.05) is 98.3 Å². The van der Waals surface area contributed by atoms with Crippen molar-refractivity contribution in [3.63, 3.8) is 0 Å². The molecule has 3 N–H and O–H groups in total. The Morgan fingerprint density at radius 1 is 0.851 bits per heavy atom. The number of carbonyl (C=O) groups excluding carboxylic acids is 5. The third-order valence-electron chi connectivity index (χ3n) is 21.0. The Hall–Kier alpha value is -7.18. The highest BCUT2D eigenvalue weighted by atomic mass is 35.5. The number of fused-ring (bicyclic) bond motifs is 2. The molecule has 7 heterocycles. The van der Waals surface area contributed by atoms with Gasteiger partial charge in [0.25, 0.3) is 0 Å². The van der Waals surface area contributed by atoms with Gasteiger partial charge < -0.3 is 54.1 Å². The Bertz CT molecular complexity index is 3910. The number of aryl methyl sites for hydroxylation is 1. The molecule has 3 aromatic carbocycles. The first-order chi connectivity index (χ1) is 48.3. The van der Waals surface area contributed by atoms with Crippen molar-refractivity contribution >= 4 is 94.3 Å². The van der Waals surface area contributed by atoms with Crippen LogP contribution in [-0.2, 0) is 35.4 Å². The molecule has 6 aromatic rings. The molecule has 101 heavy (non-hydrogen) atoms. The van der Waals surface area contributed by atoms with Crippen LogP contribution in [-0.4, -0.2) is 194 Å². The topological polar surface area (TPSA) is 207 Å². The Labute approximate surface area is 607 Å². The summed E-state index contributed by atoms with van der Waals surface area (Å²) >= 11 is 8.08. The molecule has 20 nitrogen and oxygen atoms in total. The van der Waals surface area contributed by atoms with E-state index in [1.165, 1.54) is 28.7 Å². The average molecular weight is 1440 g/mol. The van der Waals surface area contributed by atoms with Crippen LogP contribution in [0.1, 0.15) is 138 Å². The number of piperazine rings is 2. The summed E-state index contributed by atoms with van der Waals surface area (Å²) in [7, 11) is 0.204. The second-order valence-electron chi connectivity index (χ2n) is 31.2. The number of allylic oxidation sites excluding steroid dienone is 1. The summed E-state index contributed by atoms with van der Waals surface area (Å²) in [5.41, 5.74) is 12.2. The number of amides is 4. The molecule has 3 aromatic heterocycles. The third-order valence-corrected chi connectivity index (χ3v) is 23.9. The number of nitrogens with one attached hydrogen (secondary N) is 2. The smallest absolute Gasteiger partial charge is 0.339 e. The molecule has 544 valence electrons. The van der Waals surface area contributed by atoms with E-state index in [9.17, 15) is 29.1 Å². The number of ether oxygens (including phenoxy) is 3. The molecule has 5 aliphatic rings. The van der Waals surface area contributed by atoms with E-state index in [2.05, 4.69) is 98.2 Å². The van der Waals surface area contributed by atoms with Gasteiger partial charge in [0.15, 0.2) is 0 Å². The lowest BCUT2D eigenvalue weighted by molar-refractivity contribution is -0.144. The number of esters is 1. The van der Waals surface area contributed by atoms with Gasteiger partial charge in [-0.3, -0.25) is 29.0 Å². The number of β-amino-alcohol motifs (C(OH)–C–C–N with tert-alkyl or cyclic N) is 1. The van der Waals surface area contributed by atoms with Crippen LogP contribution in [0.25, 0.3) is 27.0 Å². The van der Waals surface area contributed by atoms with Crippen molar-refractivity contribution in [2.24, 2.45) is 10.8 Å². The summed E-state index contributed by atoms with van der Waals surface area (Å²) in [4.78, 5) is 92.5. The molecule has 3 fully saturated rings. The van der Waals surface area contributed by atoms with Gasteiger partial charge in [0.1, 0.15) is 30.1 Å². The summed E-state index contributed by atoms with van der Waals surface area (Å²) in [6, 6.07) is 25.6. The SMILES string of the molecule is COC(=O)c1ccc(N2CCN(CC3=C(c4ccc(Cl)cc4)CC(C)(CN4CCN(C(=O)CCCCCCC(=O)N[C@H](C(=O)N5C[C@H](O)C[C@H]5C(=O)N[C@@H](C)c5ccc(-c6scnc6C)cc5)C(C)(C)C)CC4)CC3)CC2)cc1N1CCCOc2nc3c(ccn3COCC[Si](C)(C)C)cc21. The van der Waals surface area contributed by atoms with Gasteiger partial charge in [0.2, 0.25) is 29.5 Å². The van der Waals surface area contributed by atoms with E-state index in [-0.39, 0.29) is 60.4 Å². The zero-order chi connectivity index (χ0) is 71.8. The van der Waals surface area contributed by atoms with Gasteiger partial charge >= 0.3 is 5.97 Å². The van der Waals surface area contributed by atoms with Gasteiger partial charge in [-0.25, -0.2) is 9.78 Å². The zero-order valence-electron chi connectivity index (χ0n) is 61.1. The Morgan fingerprint density at radius 3 is 2.26 bits per heavy atom. The molecule has 0 spiro atoms. The van der Waals surface area contributed by atoms with Crippen LogP contribution in [0.5, 0.6) is 5.88 Å². The largest absolute Gasteiger partial charge is 0.476 e. The molecule has 1 aliphatic carbocycles. The molecule has 3 saturated heterocycles. The summed E-state index contributed by atoms with van der Waals surface area (Å²) < 4.78 is 19.9. The van der Waals surface area contributed by atoms with Crippen LogP contribution >= 0.6 is 22.9 Å². The minimum absolute atomic E-state index is 0.00452. The highest BCUT2D eigenvalue weighted by molar-refractivity contribution is 7.13. The number of aliphatic hydroxyl groups excluding tert-OH is 1. The minimum Gasteiger partial charge on any atom is -0.476 e. The van der Waals surface area contributed by atoms with Crippen LogP contribution in [0.3, 0.4) is 0 Å². The fourth-order valence-corrected chi connectivity index (χ4v) is 16.7. The van der Waals surface area contributed by atoms with E-state index in [1.54, 1.807) is 11.3 Å². The number of carbonyl (C=O) groups is 5. The number of likely N-dealkylation sites (tertiary alicyclic amines) is 1. The van der Waals surface area contributed by atoms with Gasteiger partial charge in [-0.05, 0) is 134 Å². The van der Waals surface area contributed by atoms with Crippen molar-refractivity contribution in [3.8, 4) is 16.3 Å². The fraction of sp³-hybridized carbons (Fsp3) is 0.551. The number of aromatic nitrogens is 3. The summed E-state index contributed by atoms with van der Waals surface area (Å²) in [5.74, 6) is -0.651. The van der Waals surface area contributed by atoms with Crippen molar-refractivity contribution in [2.75, 3.05) is 109 Å². The minimum atomic E-state index is -1.23. The van der Waals surface area contributed by atoms with Crippen LogP contribution in [0.2, 0.25) is 30.7 Å². The van der Waals surface area contributed by atoms with E-state index in [0.29, 0.717) is 63.9 Å². The number of thiazole rings is 1. The number of pyridine rings is 1. The molecule has 5 atom stereocenters. The van der Waals surface area contributed by atoms with Gasteiger partial charge in [-0.15, -0.1) is 11.3 Å². The van der Waals surface area contributed by atoms with E-state index >= 15 is 0 Å². The molecule has 4 aliphatic heterocycles. The number of methoxy groups -OCH3 is 1. The average Bonchev–Trinajstić information content (AvgIpc) is 1.75. The van der Waals surface area contributed by atoms with E-state index in [4.69, 9.17) is 30.8 Å². The lowest BCUT2D eigenvalue weighted by Crippen LogP contribution is -2.57. The molecule has 0 saturated carbocycles. The van der Waals surface area contributed by atoms with Gasteiger partial charge in [-0.2, -0.15) is 4.98 Å². The predicted octanol–water partition coefficient (Wildman–Crippen LogP) is 12.8. The number of unbranched alkanes of at least 4 members (excludes halogenated alkanes) is 3. The van der Waals surface area contributed by atoms with Crippen molar-refractivity contribution in [1.82, 2.24) is 44.8 Å². The summed E-state index contributed by atoms with van der Waals surface area (Å²) in [6.07, 6.45) is 8.69. The molecule has 0 radical (unpaired) electrons. The number of hydrogen-bond donors (Lipinski definition) is 3. The molecular weight excluding hydrogens is 1330 g/mol. The molecule has 11 rings (SSSR count). The maximum absolute atomic E-state index is 14.3. The molecule has 1 unspecified atom stereocenters. The zero-order valence-corrected chi connectivity index (χ0v) is 63.7. The maximum Gasteiger partial charge on any atom is 0.339 e. The Morgan fingerprint density at radius 2 is 1.56 bits per heavy atom. The first kappa shape index (κ1) is 75.0. The Kier molecular flexibility index (Phi) is 24.6. The van der Waals surface area contributed by atoms with Gasteiger partial charge in [-0.1, -0.05) is 114 Å². The van der Waals surface area contributed by atoms with E-state index < -0.39 is 31.7 Å². The maximum atomic E-state index is 14.3. The summed E-state index contributed by atoms with van der Waals surface area (Å²) in [5, 5.41) is 18.5. The highest BCUT2D eigenvalue weighted by Crippen LogP contribution is 2.46. The second-order valence-corrected chi connectivity index (χ2v) is 38.1. The standard InChI is InChI=1S/C78H106ClN11O9SSi/c1-53(55-18-20-57(21-19-55)70-54(2)80-51-100-70)81-73(94)66-46-62(91)49-90(66)75(95)71(77(3,4)5)82-68(92)16-13-11-12-14-17-69(93)87-39-35-85(36-40-87)50-78(6)30-28-59(64(47-78)56-22-24-60(79)25-23-56)48-84-33-37-86(38-34-84)61-26-27-63(76(96)97-7)65(45-61)89-31-15-41-99-74-67(89)44-58-29-32-88(72(58)83-74)52-98-42-43-101(8,9)10/h18-27,29,32,44-45,51,53,62,66,71,91H,11-17,28,30-31,33-43,46-50,52H2,1-10H3,(H,81,94)(H,82,92)/t53-,62+,66-,71+,78?/m0/s1. The van der Waals surface area contributed by atoms with Crippen molar-refractivity contribution < 1.29 is 43.3 Å². The van der Waals surface area contributed by atoms with Crippen LogP contribution in [0.15, 0.2) is 96.1 Å². The second kappa shape index (κ2) is 33.1. The number of halogens is 1. The Balaban J connectivity index is 0.629. The van der Waals surface area contributed by atoms with Crippen LogP contribution in [0.4, 0.5) is 17.1 Å². The lowest BCUT2D eigenvalue weighted by atomic mass is 9.70. The van der Waals surface area contributed by atoms with Gasteiger partial charge in [0, 0.05) is 135 Å². The number of anilines is 3. The van der Waals surface area contributed by atoms with Crippen molar-refractivity contribution in [1.29, 1.82) is 0 Å². The molecule has 4 amide bonds. The molecule has 0 bridgehead atoms. The monoisotopic (exact) mass is 1440 g/mol. The van der Waals surface area contributed by atoms with E-state index in [0.717, 1.165) is 158 Å². The van der Waals surface area contributed by atoms with Crippen molar-refractivity contribution in [3.05, 3.63) is 124 Å². The van der Waals surface area contributed by atoms with Crippen LogP contribution in [0, 0.1) is 17.8 Å². The molecular formula is C78H106ClN11O9SSi. The van der Waals surface area contributed by atoms with Crippen molar-refractivity contribution in [2.45, 2.75) is 169 Å². The summed E-state index contributed by atoms with van der Waals surface area (Å²) in [6.45, 7) is 29.7. The lowest BCUT2D eigenvalue weighted by Gasteiger charge is -2.44. The number of nitrogens with zero attached hydrogens (tertiary/aromatic N) is 9. The fourth-order valence-electron chi connectivity index (χ4n) is 15.0. The highest BCUT2D eigenvalue weighted by Gasteiger charge is 2.45. The quantitative estimate of drug-likeness (QED) is 0.0262. The predicted molar refractivity (Wildman–Crippen MR) is 405 cm³/mol. The first-order valence-corrected chi connectivity index (χ1v) is 41.5. The number of rotatable bonds is 26.